The van der Waals surface area contributed by atoms with E-state index in [1.807, 2.05) is 0 Å². The summed E-state index contributed by atoms with van der Waals surface area (Å²) in [5.41, 5.74) is -8.40. The zero-order valence-electron chi connectivity index (χ0n) is 9.36. The minimum atomic E-state index is -6.51. The third kappa shape index (κ3) is 3.07. The van der Waals surface area contributed by atoms with Crippen molar-refractivity contribution in [3.05, 3.63) is 29.6 Å². The number of halogens is 9. The Labute approximate surface area is 116 Å². The quantitative estimate of drug-likeness (QED) is 0.588. The van der Waals surface area contributed by atoms with Crippen molar-refractivity contribution in [2.24, 2.45) is 0 Å². The lowest BCUT2D eigenvalue weighted by molar-refractivity contribution is -0.349. The van der Waals surface area contributed by atoms with E-state index in [0.29, 0.717) is 0 Å². The summed E-state index contributed by atoms with van der Waals surface area (Å²) in [6.45, 7) is 0. The molecule has 0 aliphatic rings. The van der Waals surface area contributed by atoms with Crippen LogP contribution in [0.5, 0.6) is 0 Å². The molecule has 0 spiro atoms. The maximum absolute atomic E-state index is 13.6. The van der Waals surface area contributed by atoms with Crippen LogP contribution in [-0.2, 0) is 14.7 Å². The average molecular weight is 363 g/mol. The molecule has 0 N–H and O–H groups in total. The summed E-state index contributed by atoms with van der Waals surface area (Å²) >= 11 is 0. The highest BCUT2D eigenvalue weighted by Crippen LogP contribution is 2.53. The lowest BCUT2D eigenvalue weighted by Crippen LogP contribution is -2.50. The smallest absolute Gasteiger partial charge is 0.218 e. The lowest BCUT2D eigenvalue weighted by atomic mass is 9.94. The summed E-state index contributed by atoms with van der Waals surface area (Å²) in [6.07, 6.45) is -13.0. The van der Waals surface area contributed by atoms with E-state index < -0.39 is 43.3 Å². The van der Waals surface area contributed by atoms with Gasteiger partial charge in [0, 0.05) is 16.2 Å². The second-order valence-electron chi connectivity index (χ2n) is 3.73. The van der Waals surface area contributed by atoms with Crippen molar-refractivity contribution < 1.29 is 43.5 Å². The Balaban J connectivity index is 3.64. The molecule has 0 aliphatic heterocycles. The van der Waals surface area contributed by atoms with Gasteiger partial charge in [-0.25, -0.2) is 17.2 Å². The molecule has 12 heteroatoms. The minimum Gasteiger partial charge on any atom is -0.218 e. The first-order valence-corrected chi connectivity index (χ1v) is 7.00. The van der Waals surface area contributed by atoms with Gasteiger partial charge < -0.3 is 0 Å². The van der Waals surface area contributed by atoms with Gasteiger partial charge >= 0.3 is 18.0 Å². The van der Waals surface area contributed by atoms with Crippen molar-refractivity contribution in [3.63, 3.8) is 0 Å². The van der Waals surface area contributed by atoms with Gasteiger partial charge in [0.1, 0.15) is 5.82 Å². The Kier molecular flexibility index (Phi) is 4.25. The molecule has 0 aromatic heterocycles. The molecule has 0 amide bonds. The maximum atomic E-state index is 13.6. The average Bonchev–Trinajstić information content (AvgIpc) is 2.23. The van der Waals surface area contributed by atoms with Crippen LogP contribution in [0.2, 0.25) is 0 Å². The molecule has 21 heavy (non-hydrogen) atoms. The fraction of sp³-hybridized carbons (Fsp3) is 0.333. The van der Waals surface area contributed by atoms with Crippen LogP contribution < -0.4 is 0 Å². The van der Waals surface area contributed by atoms with Crippen LogP contribution in [0.1, 0.15) is 5.56 Å². The monoisotopic (exact) mass is 362 g/mol. The zero-order chi connectivity index (χ0) is 16.9. The fourth-order valence-corrected chi connectivity index (χ4v) is 2.16. The van der Waals surface area contributed by atoms with Crippen molar-refractivity contribution in [1.29, 1.82) is 0 Å². The maximum Gasteiger partial charge on any atom is 0.436 e. The Morgan fingerprint density at radius 1 is 0.905 bits per heavy atom. The van der Waals surface area contributed by atoms with Crippen LogP contribution in [0.25, 0.3) is 0 Å². The predicted octanol–water partition coefficient (Wildman–Crippen LogP) is 4.04. The summed E-state index contributed by atoms with van der Waals surface area (Å²) < 4.78 is 123. The number of alkyl halides is 7. The molecule has 0 aliphatic carbocycles. The molecule has 0 heterocycles. The van der Waals surface area contributed by atoms with Gasteiger partial charge in [-0.05, 0) is 12.1 Å². The summed E-state index contributed by atoms with van der Waals surface area (Å²) in [7, 11) is 0.133. The van der Waals surface area contributed by atoms with Crippen molar-refractivity contribution in [2.75, 3.05) is 0 Å². The van der Waals surface area contributed by atoms with E-state index in [4.69, 9.17) is 10.7 Å². The van der Waals surface area contributed by atoms with Crippen molar-refractivity contribution in [3.8, 4) is 0 Å². The van der Waals surface area contributed by atoms with Gasteiger partial charge in [0.05, 0.1) is 4.90 Å². The van der Waals surface area contributed by atoms with E-state index in [1.54, 1.807) is 0 Å². The normalized spacial score (nSPS) is 14.3. The Morgan fingerprint density at radius 2 is 1.33 bits per heavy atom. The summed E-state index contributed by atoms with van der Waals surface area (Å²) in [6, 6.07) is -0.373. The predicted molar refractivity (Wildman–Crippen MR) is 54.3 cm³/mol. The molecule has 120 valence electrons. The van der Waals surface area contributed by atoms with Crippen molar-refractivity contribution in [2.45, 2.75) is 22.9 Å². The van der Waals surface area contributed by atoms with E-state index in [0.717, 1.165) is 0 Å². The number of rotatable bonds is 2. The first-order valence-electron chi connectivity index (χ1n) is 4.69. The van der Waals surface area contributed by atoms with Crippen LogP contribution in [0.15, 0.2) is 23.1 Å². The van der Waals surface area contributed by atoms with E-state index in [9.17, 15) is 43.5 Å². The van der Waals surface area contributed by atoms with E-state index >= 15 is 0 Å². The molecule has 0 unspecified atom stereocenters. The largest absolute Gasteiger partial charge is 0.436 e. The van der Waals surface area contributed by atoms with Crippen LogP contribution in [-0.4, -0.2) is 20.8 Å². The topological polar surface area (TPSA) is 34.1 Å². The SMILES string of the molecule is O=S(=O)(Cl)c1ccc(C(F)(C(F)(F)F)C(F)(F)F)c(F)c1. The molecule has 0 radical (unpaired) electrons. The van der Waals surface area contributed by atoms with Gasteiger partial charge in [0.15, 0.2) is 0 Å². The lowest BCUT2D eigenvalue weighted by Gasteiger charge is -2.30. The summed E-state index contributed by atoms with van der Waals surface area (Å²) in [4.78, 5) is -1.11. The van der Waals surface area contributed by atoms with Crippen LogP contribution in [0, 0.1) is 5.82 Å². The third-order valence-electron chi connectivity index (χ3n) is 2.37. The molecule has 1 rings (SSSR count). The van der Waals surface area contributed by atoms with Gasteiger partial charge in [0.2, 0.25) is 0 Å². The van der Waals surface area contributed by atoms with Crippen LogP contribution in [0.3, 0.4) is 0 Å². The molecule has 0 saturated carbocycles. The molecule has 2 nitrogen and oxygen atoms in total. The van der Waals surface area contributed by atoms with Gasteiger partial charge in [0.25, 0.3) is 9.05 Å². The Hall–Kier alpha value is -1.10. The fourth-order valence-electron chi connectivity index (χ4n) is 1.39. The first-order chi connectivity index (χ1) is 9.12. The van der Waals surface area contributed by atoms with Gasteiger partial charge in [-0.15, -0.1) is 0 Å². The van der Waals surface area contributed by atoms with E-state index in [-0.39, 0.29) is 18.2 Å². The molecule has 0 fully saturated rings. The summed E-state index contributed by atoms with van der Waals surface area (Å²) in [5, 5.41) is 0. The third-order valence-corrected chi connectivity index (χ3v) is 3.73. The standard InChI is InChI=1S/C9H3ClF8O2S/c10-21(19,20)4-1-2-5(6(11)3-4)7(12,8(13,14)15)9(16,17)18/h1-3H. The van der Waals surface area contributed by atoms with E-state index in [1.165, 1.54) is 0 Å². The Morgan fingerprint density at radius 3 is 1.62 bits per heavy atom. The molecule has 1 aromatic rings. The van der Waals surface area contributed by atoms with Crippen LogP contribution >= 0.6 is 10.7 Å². The molecule has 0 bridgehead atoms. The van der Waals surface area contributed by atoms with Gasteiger partial charge in [-0.2, -0.15) is 26.3 Å². The van der Waals surface area contributed by atoms with Crippen molar-refractivity contribution in [1.82, 2.24) is 0 Å². The number of benzene rings is 1. The second-order valence-corrected chi connectivity index (χ2v) is 6.30. The Bertz CT molecular complexity index is 635. The number of hydrogen-bond acceptors (Lipinski definition) is 2. The zero-order valence-corrected chi connectivity index (χ0v) is 10.9. The van der Waals surface area contributed by atoms with Crippen molar-refractivity contribution >= 4 is 19.7 Å². The first kappa shape index (κ1) is 18.0. The van der Waals surface area contributed by atoms with E-state index in [2.05, 4.69) is 0 Å². The van der Waals surface area contributed by atoms with Crippen LogP contribution in [0.4, 0.5) is 35.1 Å². The molecule has 1 aromatic carbocycles. The van der Waals surface area contributed by atoms with Gasteiger partial charge in [-0.3, -0.25) is 0 Å². The molecule has 0 saturated heterocycles. The molecular formula is C9H3ClF8O2S. The highest BCUT2D eigenvalue weighted by atomic mass is 35.7. The number of hydrogen-bond donors (Lipinski definition) is 0. The molecule has 0 atom stereocenters. The highest BCUT2D eigenvalue weighted by Gasteiger charge is 2.74. The summed E-state index contributed by atoms with van der Waals surface area (Å²) in [5.74, 6) is -2.35. The van der Waals surface area contributed by atoms with Gasteiger partial charge in [-0.1, -0.05) is 6.07 Å². The molecular weight excluding hydrogens is 360 g/mol. The minimum absolute atomic E-state index is 0.132. The highest BCUT2D eigenvalue weighted by molar-refractivity contribution is 8.13. The second kappa shape index (κ2) is 4.97.